The Balaban J connectivity index is 2.00. The molecule has 0 saturated carbocycles. The van der Waals surface area contributed by atoms with E-state index in [0.29, 0.717) is 11.4 Å². The third kappa shape index (κ3) is 4.79. The molecule has 0 aliphatic carbocycles. The van der Waals surface area contributed by atoms with Crippen LogP contribution >= 0.6 is 11.8 Å². The van der Waals surface area contributed by atoms with Crippen LogP contribution in [-0.2, 0) is 11.3 Å². The Morgan fingerprint density at radius 2 is 2.29 bits per heavy atom. The average molecular weight is 346 g/mol. The molecule has 1 aromatic carbocycles. The second-order valence-electron chi connectivity index (χ2n) is 4.88. The number of carbonyl (C=O) groups is 1. The number of carbonyl (C=O) groups excluding carboxylic acids is 1. The van der Waals surface area contributed by atoms with Gasteiger partial charge in [-0.05, 0) is 24.0 Å². The largest absolute Gasteiger partial charge is 0.490 e. The van der Waals surface area contributed by atoms with Gasteiger partial charge in [0.15, 0.2) is 0 Å². The van der Waals surface area contributed by atoms with Gasteiger partial charge >= 0.3 is 5.95 Å². The molecule has 1 amide bonds. The Morgan fingerprint density at radius 3 is 2.96 bits per heavy atom. The first-order valence-electron chi connectivity index (χ1n) is 6.94. The van der Waals surface area contributed by atoms with Gasteiger partial charge in [0, 0.05) is 15.7 Å². The number of hydrogen-bond donors (Lipinski definition) is 1. The molecule has 0 spiro atoms. The molecule has 2 rings (SSSR count). The molecule has 1 heterocycles. The molecule has 0 fully saturated rings. The van der Waals surface area contributed by atoms with Gasteiger partial charge in [0.25, 0.3) is 0 Å². The van der Waals surface area contributed by atoms with E-state index in [4.69, 9.17) is 5.26 Å². The van der Waals surface area contributed by atoms with E-state index >= 15 is 0 Å². The summed E-state index contributed by atoms with van der Waals surface area (Å²) in [7, 11) is 0. The number of benzene rings is 1. The number of nitrogens with zero attached hydrogens (tertiary/aromatic N) is 5. The van der Waals surface area contributed by atoms with Crippen molar-refractivity contribution in [3.8, 4) is 6.07 Å². The first kappa shape index (κ1) is 17.4. The van der Waals surface area contributed by atoms with Crippen LogP contribution in [0.5, 0.6) is 0 Å². The number of thioether (sulfide) groups is 1. The van der Waals surface area contributed by atoms with Gasteiger partial charge in [0.05, 0.1) is 17.7 Å². The summed E-state index contributed by atoms with van der Waals surface area (Å²) in [5.74, 6) is -0.423. The van der Waals surface area contributed by atoms with Crippen LogP contribution in [0.15, 0.2) is 35.5 Å². The van der Waals surface area contributed by atoms with Gasteiger partial charge in [0.1, 0.15) is 6.54 Å². The van der Waals surface area contributed by atoms with Gasteiger partial charge in [-0.3, -0.25) is 4.79 Å². The van der Waals surface area contributed by atoms with Crippen LogP contribution in [-0.4, -0.2) is 31.3 Å². The van der Waals surface area contributed by atoms with Gasteiger partial charge in [0.2, 0.25) is 12.2 Å². The Morgan fingerprint density at radius 1 is 1.54 bits per heavy atom. The van der Waals surface area contributed by atoms with Crippen molar-refractivity contribution in [1.82, 2.24) is 14.8 Å². The van der Waals surface area contributed by atoms with Crippen LogP contribution in [0, 0.1) is 27.4 Å². The van der Waals surface area contributed by atoms with Crippen LogP contribution < -0.4 is 5.32 Å². The van der Waals surface area contributed by atoms with Gasteiger partial charge in [-0.25, -0.2) is 0 Å². The quantitative estimate of drug-likeness (QED) is 0.462. The van der Waals surface area contributed by atoms with Crippen LogP contribution in [0.1, 0.15) is 6.92 Å². The van der Waals surface area contributed by atoms with E-state index in [1.54, 1.807) is 12.1 Å². The number of aromatic nitrogens is 3. The average Bonchev–Trinajstić information content (AvgIpc) is 3.02. The summed E-state index contributed by atoms with van der Waals surface area (Å²) in [5.41, 5.74) is 0.618. The lowest BCUT2D eigenvalue weighted by Gasteiger charge is -2.10. The molecule has 1 N–H and O–H groups in total. The number of nitro groups is 1. The summed E-state index contributed by atoms with van der Waals surface area (Å²) in [6.45, 7) is 1.64. The minimum atomic E-state index is -0.725. The number of nitrogens with one attached hydrogen (secondary N) is 1. The first-order valence-corrected chi connectivity index (χ1v) is 7.93. The zero-order valence-corrected chi connectivity index (χ0v) is 13.6. The van der Waals surface area contributed by atoms with Crippen LogP contribution in [0.2, 0.25) is 0 Å². The maximum absolute atomic E-state index is 12.1. The molecule has 0 bridgehead atoms. The Hall–Kier alpha value is -2.93. The topological polar surface area (TPSA) is 127 Å². The highest BCUT2D eigenvalue weighted by Crippen LogP contribution is 2.28. The lowest BCUT2D eigenvalue weighted by atomic mass is 10.3. The second kappa shape index (κ2) is 8.07. The monoisotopic (exact) mass is 346 g/mol. The highest BCUT2D eigenvalue weighted by Gasteiger charge is 2.16. The Bertz CT molecular complexity index is 785. The van der Waals surface area contributed by atoms with E-state index in [0.717, 1.165) is 15.9 Å². The lowest BCUT2D eigenvalue weighted by Crippen LogP contribution is -2.19. The number of nitriles is 1. The molecule has 0 aliphatic rings. The van der Waals surface area contributed by atoms with Crippen molar-refractivity contribution in [2.75, 3.05) is 11.1 Å². The second-order valence-corrected chi connectivity index (χ2v) is 5.95. The fourth-order valence-electron chi connectivity index (χ4n) is 1.73. The smallest absolute Gasteiger partial charge is 0.390 e. The van der Waals surface area contributed by atoms with E-state index in [9.17, 15) is 14.9 Å². The Kier molecular flexibility index (Phi) is 5.86. The molecule has 2 aromatic rings. The molecule has 0 aliphatic heterocycles. The van der Waals surface area contributed by atoms with Crippen molar-refractivity contribution < 1.29 is 9.72 Å². The van der Waals surface area contributed by atoms with Gasteiger partial charge in [-0.2, -0.15) is 9.94 Å². The molecule has 0 saturated heterocycles. The molecule has 9 nitrogen and oxygen atoms in total. The molecular formula is C14H14N6O3S. The predicted octanol–water partition coefficient (Wildman–Crippen LogP) is 2.08. The zero-order chi connectivity index (χ0) is 17.5. The van der Waals surface area contributed by atoms with Crippen molar-refractivity contribution in [3.63, 3.8) is 0 Å². The lowest BCUT2D eigenvalue weighted by molar-refractivity contribution is -0.394. The standard InChI is InChI=1S/C14H14N6O3S/c1-10(6-15)8-24-12-5-3-2-4-11(12)17-13(21)7-19-9-16-14(18-19)20(22)23/h2-5,9-10H,7-8H2,1H3,(H,17,21)/t10-/m0/s1. The molecule has 10 heteroatoms. The van der Waals surface area contributed by atoms with Crippen molar-refractivity contribution in [2.45, 2.75) is 18.4 Å². The molecular weight excluding hydrogens is 332 g/mol. The van der Waals surface area contributed by atoms with Crippen molar-refractivity contribution >= 4 is 29.3 Å². The summed E-state index contributed by atoms with van der Waals surface area (Å²) >= 11 is 1.47. The minimum Gasteiger partial charge on any atom is -0.390 e. The summed E-state index contributed by atoms with van der Waals surface area (Å²) in [4.78, 5) is 26.2. The predicted molar refractivity (Wildman–Crippen MR) is 87.2 cm³/mol. The van der Waals surface area contributed by atoms with Crippen molar-refractivity contribution in [1.29, 1.82) is 5.26 Å². The maximum atomic E-state index is 12.1. The molecule has 0 unspecified atom stereocenters. The molecule has 0 radical (unpaired) electrons. The summed E-state index contributed by atoms with van der Waals surface area (Å²) in [5, 5.41) is 25.7. The van der Waals surface area contributed by atoms with Gasteiger partial charge < -0.3 is 15.4 Å². The first-order chi connectivity index (χ1) is 11.5. The molecule has 24 heavy (non-hydrogen) atoms. The number of hydrogen-bond acceptors (Lipinski definition) is 7. The third-order valence-corrected chi connectivity index (χ3v) is 4.20. The fraction of sp³-hybridized carbons (Fsp3) is 0.286. The van der Waals surface area contributed by atoms with Crippen molar-refractivity contribution in [2.24, 2.45) is 5.92 Å². The highest BCUT2D eigenvalue weighted by atomic mass is 32.2. The molecule has 1 atom stereocenters. The maximum Gasteiger partial charge on any atom is 0.490 e. The molecule has 1 aromatic heterocycles. The summed E-state index contributed by atoms with van der Waals surface area (Å²) in [6, 6.07) is 9.39. The third-order valence-electron chi connectivity index (χ3n) is 2.86. The summed E-state index contributed by atoms with van der Waals surface area (Å²) < 4.78 is 1.10. The van der Waals surface area contributed by atoms with E-state index < -0.39 is 10.9 Å². The van der Waals surface area contributed by atoms with Crippen molar-refractivity contribution in [3.05, 3.63) is 40.7 Å². The Labute approximate surface area is 141 Å². The fourth-order valence-corrected chi connectivity index (χ4v) is 2.68. The van der Waals surface area contributed by atoms with Crippen LogP contribution in [0.3, 0.4) is 0 Å². The number of anilines is 1. The number of amides is 1. The zero-order valence-electron chi connectivity index (χ0n) is 12.7. The summed E-state index contributed by atoms with van der Waals surface area (Å²) in [6.07, 6.45) is 1.13. The van der Waals surface area contributed by atoms with Gasteiger partial charge in [-0.1, -0.05) is 17.1 Å². The van der Waals surface area contributed by atoms with E-state index in [-0.39, 0.29) is 18.4 Å². The SMILES string of the molecule is C[C@@H](C#N)CSc1ccccc1NC(=O)Cn1cnc([N+](=O)[O-])n1. The van der Waals surface area contributed by atoms with E-state index in [1.165, 1.54) is 11.8 Å². The number of rotatable bonds is 7. The van der Waals surface area contributed by atoms with Gasteiger partial charge in [-0.15, -0.1) is 11.8 Å². The normalized spacial score (nSPS) is 11.5. The number of para-hydroxylation sites is 1. The van der Waals surface area contributed by atoms with E-state index in [1.807, 2.05) is 19.1 Å². The van der Waals surface area contributed by atoms with Crippen LogP contribution in [0.25, 0.3) is 0 Å². The van der Waals surface area contributed by atoms with E-state index in [2.05, 4.69) is 21.5 Å². The van der Waals surface area contributed by atoms with Crippen LogP contribution in [0.4, 0.5) is 11.6 Å². The highest BCUT2D eigenvalue weighted by molar-refractivity contribution is 7.99. The minimum absolute atomic E-state index is 0.102. The molecule has 124 valence electrons.